The van der Waals surface area contributed by atoms with Crippen molar-refractivity contribution in [2.24, 2.45) is 0 Å². The number of nitrogens with one attached hydrogen (secondary N) is 1. The molecule has 3 aliphatic heterocycles. The van der Waals surface area contributed by atoms with Crippen molar-refractivity contribution in [3.63, 3.8) is 0 Å². The highest BCUT2D eigenvalue weighted by Crippen LogP contribution is 2.58. The van der Waals surface area contributed by atoms with Crippen LogP contribution in [-0.2, 0) is 71.0 Å². The van der Waals surface area contributed by atoms with Gasteiger partial charge < -0.3 is 42.1 Å². The van der Waals surface area contributed by atoms with Gasteiger partial charge >= 0.3 is 13.4 Å². The molecule has 9 rings (SSSR count). The van der Waals surface area contributed by atoms with Gasteiger partial charge in [0.25, 0.3) is 5.91 Å². The molecular formula is C50H64N10O12P2S2Si2. The number of Topliss-reactive ketones (excluding diaryl/α,β-unsaturated/α-hetero) is 1. The molecule has 3 fully saturated rings. The minimum Gasteiger partial charge on any atom is -0.408 e. The summed E-state index contributed by atoms with van der Waals surface area (Å²) in [4.78, 5) is 66.6. The second-order valence-electron chi connectivity index (χ2n) is 22.2. The molecule has 6 aromatic rings. The molecule has 22 nitrogen and oxygen atoms in total. The lowest BCUT2D eigenvalue weighted by Crippen LogP contribution is -2.50. The number of hydrogen-bond donors (Lipinski definition) is 2. The summed E-state index contributed by atoms with van der Waals surface area (Å²) in [5.74, 6) is -0.427. The Kier molecular flexibility index (Phi) is 17.0. The summed E-state index contributed by atoms with van der Waals surface area (Å²) in [5, 5.41) is 11.9. The fourth-order valence-electron chi connectivity index (χ4n) is 8.63. The molecule has 78 heavy (non-hydrogen) atoms. The van der Waals surface area contributed by atoms with Crippen LogP contribution in [0.25, 0.3) is 22.3 Å². The van der Waals surface area contributed by atoms with Gasteiger partial charge in [0.15, 0.2) is 57.5 Å². The second-order valence-corrected chi connectivity index (χ2v) is 37.4. The van der Waals surface area contributed by atoms with Crippen LogP contribution in [0.1, 0.15) is 86.8 Å². The third-order valence-electron chi connectivity index (χ3n) is 14.8. The number of carbonyl (C=O) groups excluding carboxylic acids is 2. The summed E-state index contributed by atoms with van der Waals surface area (Å²) in [6, 6.07) is 19.7. The average Bonchev–Trinajstić information content (AvgIpc) is 4.37. The van der Waals surface area contributed by atoms with Crippen molar-refractivity contribution in [3.05, 3.63) is 103 Å². The summed E-state index contributed by atoms with van der Waals surface area (Å²) >= 11 is 12.3. The molecule has 2 aromatic carbocycles. The molecule has 1 amide bonds. The molecule has 0 saturated carbocycles. The first-order chi connectivity index (χ1) is 36.8. The maximum absolute atomic E-state index is 13.5. The Morgan fingerprint density at radius 1 is 0.744 bits per heavy atom. The number of anilines is 1. The van der Waals surface area contributed by atoms with Crippen molar-refractivity contribution in [1.29, 1.82) is 5.26 Å². The lowest BCUT2D eigenvalue weighted by atomic mass is 10.1. The van der Waals surface area contributed by atoms with Crippen molar-refractivity contribution in [2.45, 2.75) is 140 Å². The maximum atomic E-state index is 13.5. The van der Waals surface area contributed by atoms with Gasteiger partial charge in [-0.25, -0.2) is 29.9 Å². The number of nitrogens with zero attached hydrogens (tertiary/aromatic N) is 9. The molecule has 3 aliphatic rings. The van der Waals surface area contributed by atoms with E-state index in [1.54, 1.807) is 57.7 Å². The van der Waals surface area contributed by atoms with Crippen LogP contribution in [0.3, 0.4) is 0 Å². The molecule has 1 unspecified atom stereocenters. The van der Waals surface area contributed by atoms with E-state index < -0.39 is 85.1 Å². The van der Waals surface area contributed by atoms with Gasteiger partial charge in [-0.2, -0.15) is 5.26 Å². The minimum absolute atomic E-state index is 0.0496. The molecule has 10 atom stereocenters. The normalized spacial score (nSPS) is 27.4. The quantitative estimate of drug-likeness (QED) is 0.0446. The van der Waals surface area contributed by atoms with Gasteiger partial charge in [-0.05, 0) is 72.0 Å². The third kappa shape index (κ3) is 12.4. The first-order valence-electron chi connectivity index (χ1n) is 25.3. The van der Waals surface area contributed by atoms with E-state index in [-0.39, 0.29) is 65.5 Å². The summed E-state index contributed by atoms with van der Waals surface area (Å²) < 4.78 is 64.8. The van der Waals surface area contributed by atoms with Crippen molar-refractivity contribution in [3.8, 4) is 6.07 Å². The SMILES string of the molecule is CC(C)(C)[Si](C)(C)O[C@@H]1[C@@H]2OP(O)(=S)OC[C@H]3O[C@@H](n4cnc5c(NC(=O)c6ccccc6)ncnc54)[C@H](O[P@@](=S)(OCCC#N)OC[C@H]2O[C@H]1n1cnc2c(CC(=O)c4ccccc4)ncnc21)[C@@H]3O[Si](C)(C)C(C)(C)C. The zero-order valence-corrected chi connectivity index (χ0v) is 50.3. The fourth-order valence-corrected chi connectivity index (χ4v) is 14.7. The van der Waals surface area contributed by atoms with Crippen LogP contribution in [0.5, 0.6) is 0 Å². The molecule has 0 radical (unpaired) electrons. The lowest BCUT2D eigenvalue weighted by molar-refractivity contribution is -0.0619. The summed E-state index contributed by atoms with van der Waals surface area (Å²) in [6.45, 7) is 11.5. The first kappa shape index (κ1) is 58.2. The Morgan fingerprint density at radius 2 is 1.31 bits per heavy atom. The van der Waals surface area contributed by atoms with Gasteiger partial charge in [-0.3, -0.25) is 27.8 Å². The highest BCUT2D eigenvalue weighted by atomic mass is 32.5. The smallest absolute Gasteiger partial charge is 0.327 e. The largest absolute Gasteiger partial charge is 0.408 e. The molecule has 2 bridgehead atoms. The van der Waals surface area contributed by atoms with Gasteiger partial charge in [0.05, 0.1) is 57.1 Å². The average molecular weight is 1180 g/mol. The van der Waals surface area contributed by atoms with Crippen LogP contribution >= 0.6 is 13.4 Å². The Balaban J connectivity index is 1.12. The molecule has 0 spiro atoms. The second kappa shape index (κ2) is 22.8. The van der Waals surface area contributed by atoms with E-state index in [4.69, 9.17) is 69.5 Å². The third-order valence-corrected chi connectivity index (χ3v) is 27.7. The van der Waals surface area contributed by atoms with E-state index in [1.807, 2.05) is 12.1 Å². The molecule has 3 saturated heterocycles. The van der Waals surface area contributed by atoms with Crippen molar-refractivity contribution >= 4 is 93.5 Å². The van der Waals surface area contributed by atoms with E-state index in [1.165, 1.54) is 25.3 Å². The van der Waals surface area contributed by atoms with Gasteiger partial charge in [0.2, 0.25) is 0 Å². The van der Waals surface area contributed by atoms with E-state index in [9.17, 15) is 19.7 Å². The predicted octanol–water partition coefficient (Wildman–Crippen LogP) is 9.11. The number of imidazole rings is 2. The maximum Gasteiger partial charge on any atom is 0.327 e. The zero-order valence-electron chi connectivity index (χ0n) is 44.9. The number of ether oxygens (including phenoxy) is 2. The minimum atomic E-state index is -4.32. The van der Waals surface area contributed by atoms with Crippen LogP contribution in [0.15, 0.2) is 86.0 Å². The van der Waals surface area contributed by atoms with Crippen molar-refractivity contribution in [2.75, 3.05) is 25.1 Å². The predicted molar refractivity (Wildman–Crippen MR) is 300 cm³/mol. The topological polar surface area (TPSA) is 260 Å². The van der Waals surface area contributed by atoms with Crippen LogP contribution in [-0.4, -0.2) is 129 Å². The number of rotatable bonds is 14. The summed E-state index contributed by atoms with van der Waals surface area (Å²) in [5.41, 5.74) is 2.53. The van der Waals surface area contributed by atoms with Gasteiger partial charge in [-0.1, -0.05) is 90.1 Å². The number of hydrogen-bond acceptors (Lipinski definition) is 20. The monoisotopic (exact) mass is 1180 g/mol. The van der Waals surface area contributed by atoms with Crippen molar-refractivity contribution in [1.82, 2.24) is 39.0 Å². The lowest BCUT2D eigenvalue weighted by Gasteiger charge is -2.41. The van der Waals surface area contributed by atoms with E-state index in [2.05, 4.69) is 104 Å². The Hall–Kier alpha value is -4.50. The molecule has 7 heterocycles. The standard InChI is InChI=1S/C50H64N10O12P2S2Si2/c1-49(2,3)77(7,8)71-40-36-25-65-73(63,75)69-39-35(67-48(42(39)72-78(9,10)50(4,5)6)59-29-56-37-33(52-27-54-44(37)59)24-34(61)31-18-13-11-14-19-31)26-66-74(76,64-23-17-22-51)70-41(40)47(68-36)60-30-57-38-43(53-28-55-45(38)60)58-46(62)32-20-15-12-16-21-32/h11-16,18-21,27-30,35-36,39-42,47-48H,17,23-26H2,1-10H3,(H,63,75)(H,53,55,58,62)/t35-,36-,39-,40-,41-,42-,47-,48-,73?,74-/m1/s1. The van der Waals surface area contributed by atoms with Crippen LogP contribution < -0.4 is 5.32 Å². The highest BCUT2D eigenvalue weighted by molar-refractivity contribution is 8.07. The van der Waals surface area contributed by atoms with Gasteiger partial charge in [0.1, 0.15) is 54.8 Å². The van der Waals surface area contributed by atoms with Crippen LogP contribution in [0.2, 0.25) is 36.3 Å². The van der Waals surface area contributed by atoms with Crippen molar-refractivity contribution < 1.29 is 55.4 Å². The fraction of sp³-hybridized carbons (Fsp3) is 0.500. The van der Waals surface area contributed by atoms with Gasteiger partial charge in [0, 0.05) is 11.1 Å². The number of ketones is 1. The van der Waals surface area contributed by atoms with Gasteiger partial charge in [-0.15, -0.1) is 0 Å². The number of amides is 1. The van der Waals surface area contributed by atoms with E-state index in [0.717, 1.165) is 0 Å². The van der Waals surface area contributed by atoms with Crippen LogP contribution in [0.4, 0.5) is 5.82 Å². The van der Waals surface area contributed by atoms with E-state index >= 15 is 0 Å². The first-order valence-corrected chi connectivity index (χ1v) is 36.3. The highest BCUT2D eigenvalue weighted by Gasteiger charge is 2.57. The Labute approximate surface area is 464 Å². The number of fused-ring (bicyclic) bond motifs is 5. The number of benzene rings is 2. The molecule has 416 valence electrons. The zero-order chi connectivity index (χ0) is 56.0. The summed E-state index contributed by atoms with van der Waals surface area (Å²) in [7, 11) is -5.53. The Morgan fingerprint density at radius 3 is 1.95 bits per heavy atom. The molecule has 0 aliphatic carbocycles. The number of carbonyl (C=O) groups is 2. The molecule has 2 N–H and O–H groups in total. The molecule has 28 heteroatoms. The Bertz CT molecular complexity index is 3310. The van der Waals surface area contributed by atoms with Crippen LogP contribution in [0, 0.1) is 11.3 Å². The molecular weight excluding hydrogens is 1110 g/mol. The molecule has 4 aromatic heterocycles. The summed E-state index contributed by atoms with van der Waals surface area (Å²) in [6.07, 6.45) is -3.18. The number of nitriles is 1. The van der Waals surface area contributed by atoms with E-state index in [0.29, 0.717) is 28.0 Å². The number of aromatic nitrogens is 8.